The number of rotatable bonds is 4. The van der Waals surface area contributed by atoms with Gasteiger partial charge in [-0.05, 0) is 49.1 Å². The van der Waals surface area contributed by atoms with Crippen LogP contribution in [0.15, 0.2) is 36.5 Å². The van der Waals surface area contributed by atoms with Gasteiger partial charge >= 0.3 is 0 Å². The van der Waals surface area contributed by atoms with Crippen molar-refractivity contribution in [2.45, 2.75) is 38.9 Å². The molecule has 0 radical (unpaired) electrons. The summed E-state index contributed by atoms with van der Waals surface area (Å²) in [6, 6.07) is 9.92. The van der Waals surface area contributed by atoms with E-state index in [1.807, 2.05) is 30.3 Å². The Bertz CT molecular complexity index is 810. The van der Waals surface area contributed by atoms with Gasteiger partial charge in [-0.2, -0.15) is 0 Å². The third-order valence-corrected chi connectivity index (χ3v) is 4.58. The number of carbonyl (C=O) groups excluding carboxylic acids is 2. The van der Waals surface area contributed by atoms with Gasteiger partial charge < -0.3 is 10.2 Å². The summed E-state index contributed by atoms with van der Waals surface area (Å²) >= 11 is 0. The second kappa shape index (κ2) is 5.74. The third kappa shape index (κ3) is 2.89. The zero-order valence-electron chi connectivity index (χ0n) is 13.6. The van der Waals surface area contributed by atoms with E-state index >= 15 is 0 Å². The maximum Gasteiger partial charge on any atom is 0.253 e. The minimum atomic E-state index is -0.0487. The molecule has 1 aromatic heterocycles. The first-order valence-electron chi connectivity index (χ1n) is 8.25. The number of fused-ring (bicyclic) bond motifs is 1. The smallest absolute Gasteiger partial charge is 0.253 e. The van der Waals surface area contributed by atoms with E-state index in [1.54, 1.807) is 13.1 Å². The van der Waals surface area contributed by atoms with Crippen molar-refractivity contribution in [2.24, 2.45) is 0 Å². The first kappa shape index (κ1) is 14.9. The third-order valence-electron chi connectivity index (χ3n) is 4.58. The number of Topliss-reactive ketones (excluding diaryl/α,β-unsaturated/α-hetero) is 1. The zero-order valence-corrected chi connectivity index (χ0v) is 13.6. The maximum absolute atomic E-state index is 12.0. The molecule has 1 N–H and O–H groups in total. The molecule has 122 valence electrons. The molecule has 0 unspecified atom stereocenters. The number of amides is 1. The van der Waals surface area contributed by atoms with Crippen LogP contribution in [-0.4, -0.2) is 22.7 Å². The van der Waals surface area contributed by atoms with E-state index in [1.165, 1.54) is 11.1 Å². The molecular weight excluding hydrogens is 302 g/mol. The van der Waals surface area contributed by atoms with E-state index in [0.717, 1.165) is 37.3 Å². The van der Waals surface area contributed by atoms with Crippen molar-refractivity contribution in [1.29, 1.82) is 0 Å². The van der Waals surface area contributed by atoms with Crippen LogP contribution in [0.5, 0.6) is 0 Å². The van der Waals surface area contributed by atoms with Crippen LogP contribution in [-0.2, 0) is 13.1 Å². The van der Waals surface area contributed by atoms with Gasteiger partial charge in [0.15, 0.2) is 5.78 Å². The summed E-state index contributed by atoms with van der Waals surface area (Å²) in [6.07, 6.45) is 3.79. The number of hydrogen-bond acceptors (Lipinski definition) is 4. The molecule has 2 aromatic rings. The zero-order chi connectivity index (χ0) is 16.7. The quantitative estimate of drug-likeness (QED) is 0.880. The first-order chi connectivity index (χ1) is 11.6. The lowest BCUT2D eigenvalue weighted by Crippen LogP contribution is -2.25. The molecule has 2 heterocycles. The lowest BCUT2D eigenvalue weighted by Gasteiger charge is -2.16. The Kier molecular flexibility index (Phi) is 3.56. The number of nitrogens with one attached hydrogen (secondary N) is 1. The van der Waals surface area contributed by atoms with E-state index in [4.69, 9.17) is 0 Å². The van der Waals surface area contributed by atoms with Gasteiger partial charge in [-0.1, -0.05) is 12.1 Å². The van der Waals surface area contributed by atoms with Crippen molar-refractivity contribution in [3.63, 3.8) is 0 Å². The largest absolute Gasteiger partial charge is 0.349 e. The summed E-state index contributed by atoms with van der Waals surface area (Å²) in [5.74, 6) is 0.881. The van der Waals surface area contributed by atoms with E-state index in [2.05, 4.69) is 15.2 Å². The summed E-state index contributed by atoms with van der Waals surface area (Å²) in [5, 5.41) is 2.97. The van der Waals surface area contributed by atoms with Crippen LogP contribution in [0.4, 0.5) is 5.82 Å². The molecule has 0 bridgehead atoms. The highest BCUT2D eigenvalue weighted by molar-refractivity contribution is 5.95. The maximum atomic E-state index is 12.0. The molecule has 0 spiro atoms. The second-order valence-corrected chi connectivity index (χ2v) is 6.55. The van der Waals surface area contributed by atoms with E-state index in [-0.39, 0.29) is 11.7 Å². The summed E-state index contributed by atoms with van der Waals surface area (Å²) in [4.78, 5) is 30.1. The van der Waals surface area contributed by atoms with Crippen molar-refractivity contribution in [3.05, 3.63) is 58.8 Å². The molecular formula is C19H19N3O2. The molecule has 2 aliphatic rings. The minimum Gasteiger partial charge on any atom is -0.349 e. The van der Waals surface area contributed by atoms with Crippen molar-refractivity contribution in [2.75, 3.05) is 4.90 Å². The summed E-state index contributed by atoms with van der Waals surface area (Å²) in [7, 11) is 0. The van der Waals surface area contributed by atoms with Crippen molar-refractivity contribution in [3.8, 4) is 0 Å². The van der Waals surface area contributed by atoms with Crippen molar-refractivity contribution >= 4 is 17.5 Å². The van der Waals surface area contributed by atoms with E-state index in [9.17, 15) is 9.59 Å². The van der Waals surface area contributed by atoms with Crippen LogP contribution in [0, 0.1) is 0 Å². The van der Waals surface area contributed by atoms with Crippen LogP contribution in [0.1, 0.15) is 51.6 Å². The highest BCUT2D eigenvalue weighted by Crippen LogP contribution is 2.28. The van der Waals surface area contributed by atoms with E-state index < -0.39 is 0 Å². The van der Waals surface area contributed by atoms with Gasteiger partial charge in [0.25, 0.3) is 5.91 Å². The molecule has 5 nitrogen and oxygen atoms in total. The predicted octanol–water partition coefficient (Wildman–Crippen LogP) is 2.70. The second-order valence-electron chi connectivity index (χ2n) is 6.55. The van der Waals surface area contributed by atoms with Crippen LogP contribution in [0.2, 0.25) is 0 Å². The number of aromatic nitrogens is 1. The van der Waals surface area contributed by atoms with Gasteiger partial charge in [0.1, 0.15) is 5.82 Å². The first-order valence-corrected chi connectivity index (χ1v) is 8.25. The monoisotopic (exact) mass is 321 g/mol. The average molecular weight is 321 g/mol. The fraction of sp³-hybridized carbons (Fsp3) is 0.316. The molecule has 0 saturated heterocycles. The number of anilines is 1. The lowest BCUT2D eigenvalue weighted by atomic mass is 10.0. The normalized spacial score (nSPS) is 16.0. The number of nitrogens with zero attached hydrogens (tertiary/aromatic N) is 2. The molecule has 1 aliphatic heterocycles. The van der Waals surface area contributed by atoms with Crippen LogP contribution in [0.3, 0.4) is 0 Å². The molecule has 5 heteroatoms. The molecule has 1 aromatic carbocycles. The molecule has 0 atom stereocenters. The Balaban J connectivity index is 1.48. The Morgan fingerprint density at radius 2 is 1.83 bits per heavy atom. The molecule has 1 amide bonds. The van der Waals surface area contributed by atoms with Gasteiger partial charge in [-0.15, -0.1) is 0 Å². The number of carbonyl (C=O) groups is 2. The van der Waals surface area contributed by atoms with Crippen molar-refractivity contribution in [1.82, 2.24) is 10.3 Å². The summed E-state index contributed by atoms with van der Waals surface area (Å²) in [6.45, 7) is 3.09. The lowest BCUT2D eigenvalue weighted by molar-refractivity contribution is 0.0949. The molecule has 1 aliphatic carbocycles. The van der Waals surface area contributed by atoms with Crippen LogP contribution < -0.4 is 10.2 Å². The number of hydrogen-bond donors (Lipinski definition) is 1. The average Bonchev–Trinajstić information content (AvgIpc) is 3.29. The van der Waals surface area contributed by atoms with Gasteiger partial charge in [-0.25, -0.2) is 4.98 Å². The Morgan fingerprint density at radius 1 is 1.08 bits per heavy atom. The van der Waals surface area contributed by atoms with Crippen molar-refractivity contribution < 1.29 is 9.59 Å². The fourth-order valence-corrected chi connectivity index (χ4v) is 2.98. The fourth-order valence-electron chi connectivity index (χ4n) is 2.98. The highest BCUT2D eigenvalue weighted by Gasteiger charge is 2.24. The topological polar surface area (TPSA) is 62.3 Å². The molecule has 1 saturated carbocycles. The van der Waals surface area contributed by atoms with Gasteiger partial charge in [-0.3, -0.25) is 9.59 Å². The number of pyridine rings is 1. The van der Waals surface area contributed by atoms with Gasteiger partial charge in [0.05, 0.1) is 5.56 Å². The molecule has 24 heavy (non-hydrogen) atoms. The SMILES string of the molecule is CC(=O)c1ccc2c(c1)CN(c1ccc(C(=O)NC3CC3)cn1)C2. The number of ketones is 1. The van der Waals surface area contributed by atoms with Crippen LogP contribution >= 0.6 is 0 Å². The Hall–Kier alpha value is -2.69. The Morgan fingerprint density at radius 3 is 2.50 bits per heavy atom. The van der Waals surface area contributed by atoms with Gasteiger partial charge in [0.2, 0.25) is 0 Å². The predicted molar refractivity (Wildman–Crippen MR) is 91.1 cm³/mol. The summed E-state index contributed by atoms with van der Waals surface area (Å²) in [5.41, 5.74) is 3.73. The Labute approximate surface area is 140 Å². The highest BCUT2D eigenvalue weighted by atomic mass is 16.1. The summed E-state index contributed by atoms with van der Waals surface area (Å²) < 4.78 is 0. The molecule has 1 fully saturated rings. The standard InChI is InChI=1S/C19H19N3O2/c1-12(23)13-2-3-15-10-22(11-16(15)8-13)18-7-4-14(9-20-18)19(24)21-17-5-6-17/h2-4,7-9,17H,5-6,10-11H2,1H3,(H,21,24). The molecule has 4 rings (SSSR count). The van der Waals surface area contributed by atoms with E-state index in [0.29, 0.717) is 11.6 Å². The number of benzene rings is 1. The minimum absolute atomic E-state index is 0.0487. The van der Waals surface area contributed by atoms with Crippen LogP contribution in [0.25, 0.3) is 0 Å². The van der Waals surface area contributed by atoms with Gasteiger partial charge in [0, 0.05) is 30.9 Å².